The third-order valence-corrected chi connectivity index (χ3v) is 5.67. The molecule has 132 valence electrons. The van der Waals surface area contributed by atoms with Gasteiger partial charge >= 0.3 is 0 Å². The first-order chi connectivity index (χ1) is 11.6. The fraction of sp³-hybridized carbons (Fsp3) is 0.222. The van der Waals surface area contributed by atoms with E-state index < -0.39 is 32.5 Å². The summed E-state index contributed by atoms with van der Waals surface area (Å²) in [5, 5.41) is 0.681. The second kappa shape index (κ2) is 6.68. The van der Waals surface area contributed by atoms with Crippen LogP contribution < -0.4 is 10.5 Å². The molecule has 0 bridgehead atoms. The van der Waals surface area contributed by atoms with Crippen molar-refractivity contribution in [1.82, 2.24) is 4.72 Å². The van der Waals surface area contributed by atoms with Crippen molar-refractivity contribution in [2.24, 2.45) is 11.1 Å². The van der Waals surface area contributed by atoms with Crippen molar-refractivity contribution in [1.29, 1.82) is 0 Å². The minimum Gasteiger partial charge on any atom is -0.369 e. The fourth-order valence-electron chi connectivity index (χ4n) is 2.26. The van der Waals surface area contributed by atoms with Crippen LogP contribution in [0.5, 0.6) is 0 Å². The summed E-state index contributed by atoms with van der Waals surface area (Å²) in [5.41, 5.74) is 3.97. The zero-order valence-corrected chi connectivity index (χ0v) is 14.8. The number of nitrogens with two attached hydrogens (primary N) is 1. The van der Waals surface area contributed by atoms with E-state index in [2.05, 4.69) is 6.58 Å². The van der Waals surface area contributed by atoms with Crippen LogP contribution in [0.3, 0.4) is 0 Å². The van der Waals surface area contributed by atoms with Crippen LogP contribution in [0.2, 0.25) is 0 Å². The molecule has 0 aromatic heterocycles. The number of rotatable bonds is 6. The zero-order chi connectivity index (χ0) is 18.8. The monoisotopic (exact) mass is 360 g/mol. The van der Waals surface area contributed by atoms with E-state index in [4.69, 9.17) is 5.73 Å². The molecule has 7 heteroatoms. The van der Waals surface area contributed by atoms with Crippen LogP contribution in [0.25, 0.3) is 10.8 Å². The molecule has 0 aliphatic rings. The number of benzene rings is 2. The summed E-state index contributed by atoms with van der Waals surface area (Å²) in [6.07, 6.45) is 1.23. The van der Waals surface area contributed by atoms with Gasteiger partial charge in [0.2, 0.25) is 21.8 Å². The fourth-order valence-corrected chi connectivity index (χ4v) is 3.66. The van der Waals surface area contributed by atoms with E-state index in [0.717, 1.165) is 10.8 Å². The van der Waals surface area contributed by atoms with Gasteiger partial charge in [0.1, 0.15) is 10.7 Å². The average molecular weight is 360 g/mol. The highest BCUT2D eigenvalue weighted by Crippen LogP contribution is 2.27. The van der Waals surface area contributed by atoms with E-state index in [1.807, 2.05) is 29.0 Å². The minimum absolute atomic E-state index is 0.464. The summed E-state index contributed by atoms with van der Waals surface area (Å²) in [7, 11) is -4.14. The summed E-state index contributed by atoms with van der Waals surface area (Å²) in [6, 6.07) is 12.7. The summed E-state index contributed by atoms with van der Waals surface area (Å²) in [6.45, 7) is 6.09. The molecule has 0 saturated carbocycles. The minimum atomic E-state index is -4.14. The first-order valence-corrected chi connectivity index (χ1v) is 9.11. The lowest BCUT2D eigenvalue weighted by molar-refractivity contribution is -0.138. The predicted molar refractivity (Wildman–Crippen MR) is 96.9 cm³/mol. The van der Waals surface area contributed by atoms with Gasteiger partial charge < -0.3 is 5.73 Å². The number of carbonyl (C=O) groups excluding carboxylic acids is 2. The highest BCUT2D eigenvalue weighted by atomic mass is 32.2. The number of fused-ring (bicyclic) bond motifs is 1. The topological polar surface area (TPSA) is 106 Å². The van der Waals surface area contributed by atoms with E-state index in [1.165, 1.54) is 19.9 Å². The molecule has 2 amide bonds. The van der Waals surface area contributed by atoms with Crippen molar-refractivity contribution >= 4 is 32.6 Å². The third-order valence-electron chi connectivity index (χ3n) is 4.07. The van der Waals surface area contributed by atoms with E-state index >= 15 is 0 Å². The summed E-state index contributed by atoms with van der Waals surface area (Å²) in [4.78, 5) is 23.5. The van der Waals surface area contributed by atoms with Gasteiger partial charge in [0.05, 0.1) is 0 Å². The molecule has 6 nitrogen and oxygen atoms in total. The summed E-state index contributed by atoms with van der Waals surface area (Å²) in [5.74, 6) is -1.89. The Bertz CT molecular complexity index is 948. The molecular formula is C18H20N2O4S. The molecule has 1 atom stereocenters. The Balaban J connectivity index is 2.39. The van der Waals surface area contributed by atoms with E-state index in [0.29, 0.717) is 5.56 Å². The molecule has 2 aromatic carbocycles. The van der Waals surface area contributed by atoms with Gasteiger partial charge in [-0.25, -0.2) is 8.42 Å². The van der Waals surface area contributed by atoms with Crippen molar-refractivity contribution in [2.75, 3.05) is 0 Å². The Labute approximate surface area is 146 Å². The van der Waals surface area contributed by atoms with Gasteiger partial charge in [-0.2, -0.15) is 0 Å². The number of amides is 2. The smallest absolute Gasteiger partial charge is 0.248 e. The van der Waals surface area contributed by atoms with Crippen LogP contribution in [-0.4, -0.2) is 20.2 Å². The van der Waals surface area contributed by atoms with Crippen molar-refractivity contribution in [3.8, 4) is 0 Å². The Hall–Kier alpha value is -2.67. The molecule has 2 rings (SSSR count). The van der Waals surface area contributed by atoms with E-state index in [1.54, 1.807) is 18.2 Å². The first-order valence-electron chi connectivity index (χ1n) is 7.57. The molecule has 2 aromatic rings. The van der Waals surface area contributed by atoms with Gasteiger partial charge in [-0.1, -0.05) is 42.5 Å². The summed E-state index contributed by atoms with van der Waals surface area (Å²) < 4.78 is 27.2. The largest absolute Gasteiger partial charge is 0.369 e. The molecule has 0 aliphatic heterocycles. The molecular weight excluding hydrogens is 340 g/mol. The average Bonchev–Trinajstić information content (AvgIpc) is 2.54. The number of nitrogens with one attached hydrogen (secondary N) is 1. The number of hydrogen-bond acceptors (Lipinski definition) is 4. The van der Waals surface area contributed by atoms with Crippen molar-refractivity contribution in [2.45, 2.75) is 19.1 Å². The van der Waals surface area contributed by atoms with E-state index in [-0.39, 0.29) is 0 Å². The van der Waals surface area contributed by atoms with Gasteiger partial charge in [0, 0.05) is 0 Å². The zero-order valence-electron chi connectivity index (χ0n) is 14.0. The quantitative estimate of drug-likeness (QED) is 0.607. The van der Waals surface area contributed by atoms with Crippen LogP contribution in [0.1, 0.15) is 24.7 Å². The van der Waals surface area contributed by atoms with Crippen LogP contribution in [0.15, 0.2) is 55.1 Å². The number of hydrogen-bond donors (Lipinski definition) is 2. The van der Waals surface area contributed by atoms with Crippen LogP contribution >= 0.6 is 0 Å². The Morgan fingerprint density at radius 2 is 1.76 bits per heavy atom. The Kier molecular flexibility index (Phi) is 4.99. The maximum absolute atomic E-state index is 12.6. The van der Waals surface area contributed by atoms with Gasteiger partial charge in [0.25, 0.3) is 0 Å². The van der Waals surface area contributed by atoms with Gasteiger partial charge in [-0.3, -0.25) is 14.3 Å². The van der Waals surface area contributed by atoms with Crippen molar-refractivity contribution in [3.63, 3.8) is 0 Å². The molecule has 0 heterocycles. The van der Waals surface area contributed by atoms with Crippen molar-refractivity contribution in [3.05, 3.63) is 60.7 Å². The highest BCUT2D eigenvalue weighted by Gasteiger charge is 2.38. The van der Waals surface area contributed by atoms with Crippen LogP contribution in [-0.2, 0) is 19.6 Å². The molecule has 0 fully saturated rings. The molecule has 25 heavy (non-hydrogen) atoms. The van der Waals surface area contributed by atoms with Gasteiger partial charge in [0.15, 0.2) is 0 Å². The molecule has 1 unspecified atom stereocenters. The molecule has 0 saturated heterocycles. The lowest BCUT2D eigenvalue weighted by atomic mass is 9.92. The second-order valence-electron chi connectivity index (χ2n) is 6.23. The van der Waals surface area contributed by atoms with Crippen molar-refractivity contribution < 1.29 is 18.0 Å². The number of carbonyl (C=O) groups is 2. The van der Waals surface area contributed by atoms with E-state index in [9.17, 15) is 18.0 Å². The van der Waals surface area contributed by atoms with Crippen LogP contribution in [0.4, 0.5) is 0 Å². The Morgan fingerprint density at radius 1 is 1.16 bits per heavy atom. The lowest BCUT2D eigenvalue weighted by Gasteiger charge is -2.22. The van der Waals surface area contributed by atoms with Gasteiger partial charge in [-0.05, 0) is 36.2 Å². The highest BCUT2D eigenvalue weighted by molar-refractivity contribution is 7.90. The third kappa shape index (κ3) is 3.71. The lowest BCUT2D eigenvalue weighted by Crippen LogP contribution is -2.48. The molecule has 3 N–H and O–H groups in total. The number of sulfonamides is 1. The maximum Gasteiger partial charge on any atom is 0.248 e. The molecule has 0 spiro atoms. The summed E-state index contributed by atoms with van der Waals surface area (Å²) >= 11 is 0. The SMILES string of the molecule is C=CC(c1ccc2ccccc2c1)S(=O)(=O)NC(=O)C(C)(C)C(N)=O. The molecule has 0 radical (unpaired) electrons. The predicted octanol–water partition coefficient (Wildman–Crippen LogP) is 2.02. The normalized spacial score (nSPS) is 13.2. The Morgan fingerprint density at radius 3 is 2.32 bits per heavy atom. The van der Waals surface area contributed by atoms with Crippen LogP contribution in [0, 0.1) is 5.41 Å². The first kappa shape index (κ1) is 18.7. The molecule has 0 aliphatic carbocycles. The van der Waals surface area contributed by atoms with Gasteiger partial charge in [-0.15, -0.1) is 6.58 Å². The second-order valence-corrected chi connectivity index (χ2v) is 8.03. The standard InChI is InChI=1S/C18H20N2O4S/c1-4-15(14-10-9-12-7-5-6-8-13(12)11-14)25(23,24)20-17(22)18(2,3)16(19)21/h4-11,15H,1H2,2-3H3,(H2,19,21)(H,20,22). The maximum atomic E-state index is 12.6. The number of primary amides is 1.